The maximum Gasteiger partial charge on any atom is 0.223 e. The average molecular weight is 328 g/mol. The third-order valence-electron chi connectivity index (χ3n) is 4.53. The van der Waals surface area contributed by atoms with E-state index in [1.165, 1.54) is 0 Å². The first-order valence-corrected chi connectivity index (χ1v) is 8.56. The molecule has 0 aromatic carbocycles. The number of nitrogens with zero attached hydrogens (tertiary/aromatic N) is 3. The molecule has 24 heavy (non-hydrogen) atoms. The molecule has 1 atom stereocenters. The second kappa shape index (κ2) is 7.95. The van der Waals surface area contributed by atoms with E-state index < -0.39 is 0 Å². The van der Waals surface area contributed by atoms with Crippen LogP contribution in [0.3, 0.4) is 0 Å². The van der Waals surface area contributed by atoms with Gasteiger partial charge in [0.1, 0.15) is 11.6 Å². The third-order valence-corrected chi connectivity index (χ3v) is 4.53. The fourth-order valence-corrected chi connectivity index (χ4v) is 3.07. The lowest BCUT2D eigenvalue weighted by Crippen LogP contribution is -2.43. The monoisotopic (exact) mass is 328 g/mol. The molecule has 1 aliphatic rings. The summed E-state index contributed by atoms with van der Waals surface area (Å²) in [5.74, 6) is 2.11. The average Bonchev–Trinajstić information content (AvgIpc) is 3.14. The molecule has 0 unspecified atom stereocenters. The van der Waals surface area contributed by atoms with Crippen molar-refractivity contribution in [2.45, 2.75) is 38.6 Å². The maximum absolute atomic E-state index is 12.4. The molecule has 1 amide bonds. The molecule has 3 heterocycles. The highest BCUT2D eigenvalue weighted by atomic mass is 16.3. The summed E-state index contributed by atoms with van der Waals surface area (Å²) in [6, 6.07) is 4.01. The topological polar surface area (TPSA) is 71.3 Å². The van der Waals surface area contributed by atoms with Gasteiger partial charge < -0.3 is 14.6 Å². The fourth-order valence-electron chi connectivity index (χ4n) is 3.07. The summed E-state index contributed by atoms with van der Waals surface area (Å²) in [5, 5.41) is 3.14. The summed E-state index contributed by atoms with van der Waals surface area (Å²) < 4.78 is 5.33. The SMILES string of the molecule is C[C@@H](CCc1ccco1)NC(=O)C1CCN(c2cnccn2)CC1. The Morgan fingerprint density at radius 3 is 2.92 bits per heavy atom. The second-order valence-electron chi connectivity index (χ2n) is 6.35. The van der Waals surface area contributed by atoms with E-state index in [2.05, 4.69) is 27.1 Å². The molecule has 1 saturated heterocycles. The van der Waals surface area contributed by atoms with E-state index in [4.69, 9.17) is 4.42 Å². The first-order chi connectivity index (χ1) is 11.7. The summed E-state index contributed by atoms with van der Waals surface area (Å²) in [5.41, 5.74) is 0. The minimum atomic E-state index is 0.0870. The number of carbonyl (C=O) groups excluding carboxylic acids is 1. The van der Waals surface area contributed by atoms with Gasteiger partial charge in [0, 0.05) is 43.9 Å². The van der Waals surface area contributed by atoms with Gasteiger partial charge >= 0.3 is 0 Å². The minimum absolute atomic E-state index is 0.0870. The van der Waals surface area contributed by atoms with Crippen LogP contribution in [0.25, 0.3) is 0 Å². The molecule has 2 aromatic heterocycles. The summed E-state index contributed by atoms with van der Waals surface area (Å²) >= 11 is 0. The highest BCUT2D eigenvalue weighted by molar-refractivity contribution is 5.79. The zero-order chi connectivity index (χ0) is 16.8. The molecule has 1 N–H and O–H groups in total. The zero-order valence-corrected chi connectivity index (χ0v) is 14.0. The van der Waals surface area contributed by atoms with E-state index >= 15 is 0 Å². The molecule has 3 rings (SSSR count). The number of amides is 1. The smallest absolute Gasteiger partial charge is 0.223 e. The van der Waals surface area contributed by atoms with Crippen molar-refractivity contribution in [2.75, 3.05) is 18.0 Å². The van der Waals surface area contributed by atoms with Crippen molar-refractivity contribution >= 4 is 11.7 Å². The number of carbonyl (C=O) groups is 1. The number of rotatable bonds is 6. The summed E-state index contributed by atoms with van der Waals surface area (Å²) in [6.45, 7) is 3.74. The summed E-state index contributed by atoms with van der Waals surface area (Å²) in [4.78, 5) is 23.1. The van der Waals surface area contributed by atoms with Gasteiger partial charge in [-0.25, -0.2) is 4.98 Å². The third kappa shape index (κ3) is 4.34. The van der Waals surface area contributed by atoms with E-state index in [1.807, 2.05) is 12.1 Å². The van der Waals surface area contributed by atoms with Gasteiger partial charge in [-0.3, -0.25) is 9.78 Å². The van der Waals surface area contributed by atoms with Crippen LogP contribution in [0.2, 0.25) is 0 Å². The molecular weight excluding hydrogens is 304 g/mol. The number of aromatic nitrogens is 2. The summed E-state index contributed by atoms with van der Waals surface area (Å²) in [7, 11) is 0. The highest BCUT2D eigenvalue weighted by Crippen LogP contribution is 2.21. The molecule has 0 bridgehead atoms. The molecule has 0 radical (unpaired) electrons. The molecule has 0 saturated carbocycles. The van der Waals surface area contributed by atoms with Crippen LogP contribution in [0.1, 0.15) is 31.9 Å². The zero-order valence-electron chi connectivity index (χ0n) is 14.0. The lowest BCUT2D eigenvalue weighted by molar-refractivity contribution is -0.126. The number of hydrogen-bond acceptors (Lipinski definition) is 5. The quantitative estimate of drug-likeness (QED) is 0.882. The summed E-state index contributed by atoms with van der Waals surface area (Å²) in [6.07, 6.45) is 10.3. The Bertz CT molecular complexity index is 622. The van der Waals surface area contributed by atoms with E-state index in [0.29, 0.717) is 0 Å². The predicted molar refractivity (Wildman–Crippen MR) is 91.6 cm³/mol. The first-order valence-electron chi connectivity index (χ1n) is 8.56. The van der Waals surface area contributed by atoms with Crippen LogP contribution < -0.4 is 10.2 Å². The van der Waals surface area contributed by atoms with Gasteiger partial charge in [-0.2, -0.15) is 0 Å². The standard InChI is InChI=1S/C18H24N4O2/c1-14(4-5-16-3-2-12-24-16)21-18(23)15-6-10-22(11-7-15)17-13-19-8-9-20-17/h2-3,8-9,12-15H,4-7,10-11H2,1H3,(H,21,23)/t14-/m0/s1. The lowest BCUT2D eigenvalue weighted by Gasteiger charge is -2.32. The number of piperidine rings is 1. The Hall–Kier alpha value is -2.37. The molecule has 6 heteroatoms. The van der Waals surface area contributed by atoms with Crippen molar-refractivity contribution in [1.29, 1.82) is 0 Å². The second-order valence-corrected chi connectivity index (χ2v) is 6.35. The van der Waals surface area contributed by atoms with Gasteiger partial charge in [-0.1, -0.05) is 0 Å². The number of aryl methyl sites for hydroxylation is 1. The lowest BCUT2D eigenvalue weighted by atomic mass is 9.95. The Morgan fingerprint density at radius 1 is 1.42 bits per heavy atom. The minimum Gasteiger partial charge on any atom is -0.469 e. The largest absolute Gasteiger partial charge is 0.469 e. The van der Waals surface area contributed by atoms with Crippen LogP contribution in [0.5, 0.6) is 0 Å². The van der Waals surface area contributed by atoms with Crippen molar-refractivity contribution in [3.05, 3.63) is 42.7 Å². The van der Waals surface area contributed by atoms with E-state index in [-0.39, 0.29) is 17.9 Å². The Balaban J connectivity index is 1.41. The molecule has 1 aliphatic heterocycles. The molecule has 0 aliphatic carbocycles. The number of furan rings is 1. The van der Waals surface area contributed by atoms with Gasteiger partial charge in [0.2, 0.25) is 5.91 Å². The highest BCUT2D eigenvalue weighted by Gasteiger charge is 2.26. The van der Waals surface area contributed by atoms with Gasteiger partial charge in [-0.05, 0) is 38.3 Å². The van der Waals surface area contributed by atoms with Gasteiger partial charge in [0.25, 0.3) is 0 Å². The van der Waals surface area contributed by atoms with Gasteiger partial charge in [-0.15, -0.1) is 0 Å². The van der Waals surface area contributed by atoms with Crippen molar-refractivity contribution in [3.63, 3.8) is 0 Å². The van der Waals surface area contributed by atoms with E-state index in [1.54, 1.807) is 24.9 Å². The first kappa shape index (κ1) is 16.5. The van der Waals surface area contributed by atoms with Crippen molar-refractivity contribution in [1.82, 2.24) is 15.3 Å². The maximum atomic E-state index is 12.4. The Kier molecular flexibility index (Phi) is 5.46. The van der Waals surface area contributed by atoms with Gasteiger partial charge in [0.15, 0.2) is 0 Å². The van der Waals surface area contributed by atoms with E-state index in [0.717, 1.165) is 50.4 Å². The fraction of sp³-hybridized carbons (Fsp3) is 0.500. The van der Waals surface area contributed by atoms with E-state index in [9.17, 15) is 4.79 Å². The van der Waals surface area contributed by atoms with Crippen molar-refractivity contribution < 1.29 is 9.21 Å². The van der Waals surface area contributed by atoms with Crippen molar-refractivity contribution in [2.24, 2.45) is 5.92 Å². The molecule has 6 nitrogen and oxygen atoms in total. The van der Waals surface area contributed by atoms with Crippen LogP contribution in [0.15, 0.2) is 41.4 Å². The predicted octanol–water partition coefficient (Wildman–Crippen LogP) is 2.42. The number of nitrogens with one attached hydrogen (secondary N) is 1. The number of anilines is 1. The van der Waals surface area contributed by atoms with Crippen LogP contribution >= 0.6 is 0 Å². The normalized spacial score (nSPS) is 16.8. The molecule has 0 spiro atoms. The molecule has 1 fully saturated rings. The molecule has 128 valence electrons. The number of hydrogen-bond donors (Lipinski definition) is 1. The molecule has 2 aromatic rings. The van der Waals surface area contributed by atoms with Crippen LogP contribution in [0, 0.1) is 5.92 Å². The van der Waals surface area contributed by atoms with Crippen LogP contribution in [-0.4, -0.2) is 35.0 Å². The van der Waals surface area contributed by atoms with Crippen LogP contribution in [-0.2, 0) is 11.2 Å². The Morgan fingerprint density at radius 2 is 2.25 bits per heavy atom. The molecular formula is C18H24N4O2. The van der Waals surface area contributed by atoms with Gasteiger partial charge in [0.05, 0.1) is 12.5 Å². The van der Waals surface area contributed by atoms with Crippen molar-refractivity contribution in [3.8, 4) is 0 Å². The van der Waals surface area contributed by atoms with Crippen LogP contribution in [0.4, 0.5) is 5.82 Å². The Labute approximate surface area is 142 Å².